The lowest BCUT2D eigenvalue weighted by molar-refractivity contribution is -0.0368. The van der Waals surface area contributed by atoms with Crippen LogP contribution in [0.5, 0.6) is 5.75 Å². The average molecular weight is 539 g/mol. The van der Waals surface area contributed by atoms with Gasteiger partial charge in [0.1, 0.15) is 17.2 Å². The molecule has 2 unspecified atom stereocenters. The fourth-order valence-electron chi connectivity index (χ4n) is 6.87. The maximum atomic E-state index is 6.72. The third-order valence-electron chi connectivity index (χ3n) is 9.08. The maximum Gasteiger partial charge on any atom is 0.183 e. The number of hydrogen-bond acceptors (Lipinski definition) is 9. The number of pyridine rings is 1. The number of nitrogens with two attached hydrogens (primary N) is 1. The van der Waals surface area contributed by atoms with E-state index in [0.29, 0.717) is 0 Å². The Bertz CT molecular complexity index is 1560. The standard InChI is InChI=1S/C30H34N8O2/c31-27-20-7-1-2-10-23(20)40-30(27)12-16-36(17-13-30)24-19-33-26-28(34-24)38(25-11-3-4-18-39-25)35-29(26)37-15-6-8-21-22(37)9-5-14-32-21/h1-2,5,7,9-10,14,19,25,27H,3-4,6,8,11-13,15-18,31H2. The molecular weight excluding hydrogens is 504 g/mol. The molecule has 10 heteroatoms. The van der Waals surface area contributed by atoms with Gasteiger partial charge in [-0.15, -0.1) is 5.10 Å². The van der Waals surface area contributed by atoms with E-state index in [-0.39, 0.29) is 17.9 Å². The largest absolute Gasteiger partial charge is 0.485 e. The van der Waals surface area contributed by atoms with Crippen molar-refractivity contribution < 1.29 is 9.47 Å². The van der Waals surface area contributed by atoms with Crippen molar-refractivity contribution in [3.63, 3.8) is 0 Å². The molecule has 1 spiro atoms. The molecular formula is C30H34N8O2. The Balaban J connectivity index is 1.13. The summed E-state index contributed by atoms with van der Waals surface area (Å²) in [7, 11) is 0. The first kappa shape index (κ1) is 24.1. The fourth-order valence-corrected chi connectivity index (χ4v) is 6.87. The molecule has 1 aromatic carbocycles. The van der Waals surface area contributed by atoms with Crippen LogP contribution in [0.2, 0.25) is 0 Å². The van der Waals surface area contributed by atoms with E-state index < -0.39 is 0 Å². The van der Waals surface area contributed by atoms with Crippen molar-refractivity contribution in [2.24, 2.45) is 5.73 Å². The molecule has 0 saturated carbocycles. The highest BCUT2D eigenvalue weighted by Gasteiger charge is 2.48. The first-order valence-electron chi connectivity index (χ1n) is 14.6. The summed E-state index contributed by atoms with van der Waals surface area (Å²) in [4.78, 5) is 19.4. The predicted molar refractivity (Wildman–Crippen MR) is 152 cm³/mol. The molecule has 2 N–H and O–H groups in total. The summed E-state index contributed by atoms with van der Waals surface area (Å²) < 4.78 is 14.6. The zero-order chi connectivity index (χ0) is 26.7. The monoisotopic (exact) mass is 538 g/mol. The molecule has 4 aromatic rings. The summed E-state index contributed by atoms with van der Waals surface area (Å²) in [5, 5.41) is 5.12. The van der Waals surface area contributed by atoms with Crippen LogP contribution in [0.25, 0.3) is 11.2 Å². The number of ether oxygens (including phenoxy) is 2. The van der Waals surface area contributed by atoms with Gasteiger partial charge in [0, 0.05) is 50.8 Å². The van der Waals surface area contributed by atoms with E-state index in [1.807, 2.05) is 41.3 Å². The van der Waals surface area contributed by atoms with Crippen LogP contribution in [-0.2, 0) is 11.2 Å². The van der Waals surface area contributed by atoms with Crippen LogP contribution in [0, 0.1) is 0 Å². The van der Waals surface area contributed by atoms with Crippen molar-refractivity contribution >= 4 is 28.5 Å². The van der Waals surface area contributed by atoms with E-state index in [2.05, 4.69) is 26.9 Å². The molecule has 0 amide bonds. The predicted octanol–water partition coefficient (Wildman–Crippen LogP) is 4.44. The van der Waals surface area contributed by atoms with E-state index in [1.165, 1.54) is 0 Å². The molecule has 10 nitrogen and oxygen atoms in total. The molecule has 40 heavy (non-hydrogen) atoms. The van der Waals surface area contributed by atoms with E-state index in [1.54, 1.807) is 0 Å². The Morgan fingerprint density at radius 3 is 2.73 bits per heavy atom. The zero-order valence-electron chi connectivity index (χ0n) is 22.6. The zero-order valence-corrected chi connectivity index (χ0v) is 22.6. The number of nitrogens with zero attached hydrogens (tertiary/aromatic N) is 7. The van der Waals surface area contributed by atoms with Gasteiger partial charge < -0.3 is 25.0 Å². The lowest BCUT2D eigenvalue weighted by atomic mass is 9.83. The van der Waals surface area contributed by atoms with Gasteiger partial charge in [0.25, 0.3) is 0 Å². The van der Waals surface area contributed by atoms with E-state index in [4.69, 9.17) is 30.3 Å². The summed E-state index contributed by atoms with van der Waals surface area (Å²) in [6.07, 6.45) is 10.4. The first-order valence-corrected chi connectivity index (χ1v) is 14.6. The molecule has 4 aliphatic heterocycles. The minimum Gasteiger partial charge on any atom is -0.485 e. The molecule has 7 heterocycles. The lowest BCUT2D eigenvalue weighted by Gasteiger charge is -2.41. The van der Waals surface area contributed by atoms with Gasteiger partial charge >= 0.3 is 0 Å². The Hall–Kier alpha value is -3.76. The molecule has 8 rings (SSSR count). The number of fused-ring (bicyclic) bond motifs is 3. The van der Waals surface area contributed by atoms with Crippen LogP contribution in [-0.4, -0.2) is 56.6 Å². The smallest absolute Gasteiger partial charge is 0.183 e. The van der Waals surface area contributed by atoms with Crippen molar-refractivity contribution in [1.29, 1.82) is 0 Å². The number of rotatable bonds is 3. The van der Waals surface area contributed by atoms with Crippen molar-refractivity contribution in [2.45, 2.75) is 62.8 Å². The number of aromatic nitrogens is 5. The third kappa shape index (κ3) is 3.77. The molecule has 2 saturated heterocycles. The van der Waals surface area contributed by atoms with Crippen molar-refractivity contribution in [2.75, 3.05) is 36.0 Å². The highest BCUT2D eigenvalue weighted by molar-refractivity contribution is 5.88. The molecule has 0 radical (unpaired) electrons. The summed E-state index contributed by atoms with van der Waals surface area (Å²) >= 11 is 0. The van der Waals surface area contributed by atoms with Gasteiger partial charge in [0.15, 0.2) is 23.2 Å². The van der Waals surface area contributed by atoms with Crippen LogP contribution in [0.1, 0.15) is 62.1 Å². The summed E-state index contributed by atoms with van der Waals surface area (Å²) in [6, 6.07) is 12.2. The summed E-state index contributed by atoms with van der Waals surface area (Å²) in [6.45, 7) is 3.21. The number of anilines is 3. The van der Waals surface area contributed by atoms with Crippen LogP contribution < -0.4 is 20.3 Å². The Morgan fingerprint density at radius 2 is 1.88 bits per heavy atom. The topological polar surface area (TPSA) is 107 Å². The molecule has 0 bridgehead atoms. The molecule has 4 aliphatic rings. The van der Waals surface area contributed by atoms with Gasteiger partial charge in [-0.3, -0.25) is 4.98 Å². The van der Waals surface area contributed by atoms with E-state index in [9.17, 15) is 0 Å². The van der Waals surface area contributed by atoms with Crippen molar-refractivity contribution in [3.8, 4) is 5.75 Å². The lowest BCUT2D eigenvalue weighted by Crippen LogP contribution is -2.51. The van der Waals surface area contributed by atoms with Crippen LogP contribution >= 0.6 is 0 Å². The fraction of sp³-hybridized carbons (Fsp3) is 0.467. The van der Waals surface area contributed by atoms with Gasteiger partial charge in [-0.05, 0) is 50.3 Å². The maximum absolute atomic E-state index is 6.72. The highest BCUT2D eigenvalue weighted by Crippen LogP contribution is 2.47. The summed E-state index contributed by atoms with van der Waals surface area (Å²) in [5.41, 5.74) is 11.2. The molecule has 3 aromatic heterocycles. The van der Waals surface area contributed by atoms with Gasteiger partial charge in [-0.25, -0.2) is 14.6 Å². The Labute approximate surface area is 233 Å². The second-order valence-corrected chi connectivity index (χ2v) is 11.4. The van der Waals surface area contributed by atoms with Gasteiger partial charge in [0.05, 0.1) is 23.6 Å². The minimum atomic E-state index is -0.363. The van der Waals surface area contributed by atoms with Crippen LogP contribution in [0.15, 0.2) is 48.8 Å². The normalized spacial score (nSPS) is 23.7. The first-order chi connectivity index (χ1) is 19.7. The number of para-hydroxylation sites is 1. The third-order valence-corrected chi connectivity index (χ3v) is 9.08. The van der Waals surface area contributed by atoms with Crippen LogP contribution in [0.4, 0.5) is 17.3 Å². The number of aryl methyl sites for hydroxylation is 1. The molecule has 2 fully saturated rings. The number of benzene rings is 1. The second-order valence-electron chi connectivity index (χ2n) is 11.4. The average Bonchev–Trinajstić information content (AvgIpc) is 3.52. The second kappa shape index (κ2) is 9.42. The Kier molecular flexibility index (Phi) is 5.67. The molecule has 206 valence electrons. The van der Waals surface area contributed by atoms with Crippen LogP contribution in [0.3, 0.4) is 0 Å². The van der Waals surface area contributed by atoms with Gasteiger partial charge in [0.2, 0.25) is 0 Å². The quantitative estimate of drug-likeness (QED) is 0.405. The van der Waals surface area contributed by atoms with Crippen molar-refractivity contribution in [1.82, 2.24) is 24.7 Å². The van der Waals surface area contributed by atoms with Gasteiger partial charge in [-0.1, -0.05) is 18.2 Å². The molecule has 0 aliphatic carbocycles. The van der Waals surface area contributed by atoms with Gasteiger partial charge in [-0.2, -0.15) is 0 Å². The summed E-state index contributed by atoms with van der Waals surface area (Å²) in [5.74, 6) is 2.61. The van der Waals surface area contributed by atoms with Crippen molar-refractivity contribution in [3.05, 3.63) is 60.0 Å². The highest BCUT2D eigenvalue weighted by atomic mass is 16.5. The molecule has 2 atom stereocenters. The number of hydrogen-bond donors (Lipinski definition) is 1. The van der Waals surface area contributed by atoms with E-state index >= 15 is 0 Å². The number of piperidine rings is 1. The minimum absolute atomic E-state index is 0.117. The van der Waals surface area contributed by atoms with E-state index in [0.717, 1.165) is 117 Å². The SMILES string of the molecule is NC1c2ccccc2OC12CCN(c1cnc3c(N4CCCc5ncccc54)nn(C4CCCCO4)c3n1)CC2. The Morgan fingerprint density at radius 1 is 0.975 bits per heavy atom.